The lowest BCUT2D eigenvalue weighted by molar-refractivity contribution is 0.996. The van der Waals surface area contributed by atoms with Gasteiger partial charge in [-0.05, 0) is 26.0 Å². The molecule has 3 nitrogen and oxygen atoms in total. The molecule has 0 saturated carbocycles. The zero-order chi connectivity index (χ0) is 13.0. The summed E-state index contributed by atoms with van der Waals surface area (Å²) in [5.41, 5.74) is 2.27. The fourth-order valence-electron chi connectivity index (χ4n) is 1.68. The summed E-state index contributed by atoms with van der Waals surface area (Å²) < 4.78 is 0. The second-order valence-electron chi connectivity index (χ2n) is 4.17. The highest BCUT2D eigenvalue weighted by atomic mass is 32.2. The Morgan fingerprint density at radius 3 is 2.72 bits per heavy atom. The SMILES string of the molecule is CNc1cc(C)nc(CSc2cccc(C)c2)n1. The molecule has 94 valence electrons. The first-order valence-corrected chi connectivity index (χ1v) is 6.88. The molecule has 0 fully saturated rings. The summed E-state index contributed by atoms with van der Waals surface area (Å²) in [6, 6.07) is 10.4. The van der Waals surface area contributed by atoms with Gasteiger partial charge >= 0.3 is 0 Å². The Bertz CT molecular complexity index is 540. The molecule has 0 spiro atoms. The fourth-order valence-corrected chi connectivity index (χ4v) is 2.54. The molecule has 0 aliphatic rings. The lowest BCUT2D eigenvalue weighted by Crippen LogP contribution is -2.00. The van der Waals surface area contributed by atoms with E-state index in [2.05, 4.69) is 46.5 Å². The number of hydrogen-bond acceptors (Lipinski definition) is 4. The van der Waals surface area contributed by atoms with Crippen molar-refractivity contribution < 1.29 is 0 Å². The van der Waals surface area contributed by atoms with Crippen LogP contribution in [0.25, 0.3) is 0 Å². The second kappa shape index (κ2) is 5.87. The van der Waals surface area contributed by atoms with Crippen molar-refractivity contribution in [3.63, 3.8) is 0 Å². The average molecular weight is 259 g/mol. The van der Waals surface area contributed by atoms with Gasteiger partial charge < -0.3 is 5.32 Å². The van der Waals surface area contributed by atoms with Crippen LogP contribution in [0, 0.1) is 13.8 Å². The van der Waals surface area contributed by atoms with E-state index in [0.29, 0.717) is 0 Å². The Balaban J connectivity index is 2.08. The molecular formula is C14H17N3S. The Kier molecular flexibility index (Phi) is 4.20. The number of nitrogens with zero attached hydrogens (tertiary/aromatic N) is 2. The molecule has 0 aliphatic carbocycles. The third-order valence-corrected chi connectivity index (χ3v) is 3.50. The number of aryl methyl sites for hydroxylation is 2. The lowest BCUT2D eigenvalue weighted by Gasteiger charge is -2.05. The maximum Gasteiger partial charge on any atom is 0.141 e. The maximum atomic E-state index is 4.45. The predicted octanol–water partition coefficient (Wildman–Crippen LogP) is 3.43. The molecule has 0 amide bonds. The third-order valence-electron chi connectivity index (χ3n) is 2.51. The summed E-state index contributed by atoms with van der Waals surface area (Å²) in [6.45, 7) is 4.09. The number of benzene rings is 1. The van der Waals surface area contributed by atoms with Crippen molar-refractivity contribution in [3.8, 4) is 0 Å². The summed E-state index contributed by atoms with van der Waals surface area (Å²) in [4.78, 5) is 10.1. The summed E-state index contributed by atoms with van der Waals surface area (Å²) >= 11 is 1.76. The van der Waals surface area contributed by atoms with Crippen LogP contribution < -0.4 is 5.32 Å². The van der Waals surface area contributed by atoms with E-state index < -0.39 is 0 Å². The normalized spacial score (nSPS) is 10.4. The van der Waals surface area contributed by atoms with E-state index >= 15 is 0 Å². The van der Waals surface area contributed by atoms with Crippen LogP contribution >= 0.6 is 11.8 Å². The highest BCUT2D eigenvalue weighted by Gasteiger charge is 2.02. The van der Waals surface area contributed by atoms with E-state index in [9.17, 15) is 0 Å². The van der Waals surface area contributed by atoms with Crippen LogP contribution in [0.15, 0.2) is 35.2 Å². The van der Waals surface area contributed by atoms with Crippen molar-refractivity contribution >= 4 is 17.6 Å². The molecule has 1 heterocycles. The van der Waals surface area contributed by atoms with Crippen LogP contribution in [0.2, 0.25) is 0 Å². The number of rotatable bonds is 4. The molecule has 2 rings (SSSR count). The summed E-state index contributed by atoms with van der Waals surface area (Å²) in [5, 5.41) is 3.06. The maximum absolute atomic E-state index is 4.45. The predicted molar refractivity (Wildman–Crippen MR) is 77.1 cm³/mol. The fraction of sp³-hybridized carbons (Fsp3) is 0.286. The van der Waals surface area contributed by atoms with Crippen molar-refractivity contribution in [2.24, 2.45) is 0 Å². The summed E-state index contributed by atoms with van der Waals surface area (Å²) in [7, 11) is 1.87. The highest BCUT2D eigenvalue weighted by molar-refractivity contribution is 7.98. The molecule has 2 aromatic rings. The standard InChI is InChI=1S/C14H17N3S/c1-10-5-4-6-12(7-10)18-9-14-16-11(2)8-13(15-3)17-14/h4-8H,9H2,1-3H3,(H,15,16,17). The number of aromatic nitrogens is 2. The van der Waals surface area contributed by atoms with Gasteiger partial charge in [-0.2, -0.15) is 0 Å². The van der Waals surface area contributed by atoms with Crippen LogP contribution in [0.5, 0.6) is 0 Å². The minimum absolute atomic E-state index is 0.791. The van der Waals surface area contributed by atoms with Gasteiger partial charge in [-0.1, -0.05) is 17.7 Å². The molecule has 0 atom stereocenters. The van der Waals surface area contributed by atoms with Crippen molar-refractivity contribution in [1.29, 1.82) is 0 Å². The molecule has 0 aliphatic heterocycles. The van der Waals surface area contributed by atoms with E-state index in [1.807, 2.05) is 20.0 Å². The van der Waals surface area contributed by atoms with Gasteiger partial charge in [0.1, 0.15) is 11.6 Å². The minimum atomic E-state index is 0.791. The van der Waals surface area contributed by atoms with E-state index in [4.69, 9.17) is 0 Å². The van der Waals surface area contributed by atoms with E-state index in [-0.39, 0.29) is 0 Å². The molecule has 0 radical (unpaired) electrons. The van der Waals surface area contributed by atoms with Gasteiger partial charge in [-0.25, -0.2) is 9.97 Å². The van der Waals surface area contributed by atoms with E-state index in [1.165, 1.54) is 10.5 Å². The second-order valence-corrected chi connectivity index (χ2v) is 5.21. The summed E-state index contributed by atoms with van der Waals surface area (Å²) in [6.07, 6.45) is 0. The van der Waals surface area contributed by atoms with Gasteiger partial charge in [-0.15, -0.1) is 11.8 Å². The Hall–Kier alpha value is -1.55. The molecule has 1 aromatic carbocycles. The molecule has 18 heavy (non-hydrogen) atoms. The van der Waals surface area contributed by atoms with Crippen LogP contribution in [-0.2, 0) is 5.75 Å². The lowest BCUT2D eigenvalue weighted by atomic mass is 10.2. The third kappa shape index (κ3) is 3.47. The zero-order valence-corrected chi connectivity index (χ0v) is 11.7. The summed E-state index contributed by atoms with van der Waals surface area (Å²) in [5.74, 6) is 2.54. The van der Waals surface area contributed by atoms with Crippen LogP contribution in [-0.4, -0.2) is 17.0 Å². The van der Waals surface area contributed by atoms with Crippen LogP contribution in [0.4, 0.5) is 5.82 Å². The van der Waals surface area contributed by atoms with Gasteiger partial charge in [0.25, 0.3) is 0 Å². The van der Waals surface area contributed by atoms with Crippen LogP contribution in [0.1, 0.15) is 17.1 Å². The number of nitrogens with one attached hydrogen (secondary N) is 1. The highest BCUT2D eigenvalue weighted by Crippen LogP contribution is 2.22. The topological polar surface area (TPSA) is 37.8 Å². The quantitative estimate of drug-likeness (QED) is 0.854. The molecule has 0 unspecified atom stereocenters. The monoisotopic (exact) mass is 259 g/mol. The Morgan fingerprint density at radius 2 is 2.00 bits per heavy atom. The minimum Gasteiger partial charge on any atom is -0.373 e. The van der Waals surface area contributed by atoms with Gasteiger partial charge in [0, 0.05) is 23.7 Å². The van der Waals surface area contributed by atoms with Gasteiger partial charge in [0.15, 0.2) is 0 Å². The molecule has 4 heteroatoms. The zero-order valence-electron chi connectivity index (χ0n) is 10.9. The first-order valence-electron chi connectivity index (χ1n) is 5.89. The van der Waals surface area contributed by atoms with E-state index in [0.717, 1.165) is 23.1 Å². The Morgan fingerprint density at radius 1 is 1.17 bits per heavy atom. The van der Waals surface area contributed by atoms with Crippen molar-refractivity contribution in [1.82, 2.24) is 9.97 Å². The largest absolute Gasteiger partial charge is 0.373 e. The van der Waals surface area contributed by atoms with Gasteiger partial charge in [0.05, 0.1) is 5.75 Å². The average Bonchev–Trinajstić information content (AvgIpc) is 2.36. The van der Waals surface area contributed by atoms with Crippen molar-refractivity contribution in [3.05, 3.63) is 47.4 Å². The first kappa shape index (κ1) is 12.9. The molecule has 1 N–H and O–H groups in total. The van der Waals surface area contributed by atoms with Gasteiger partial charge in [0.2, 0.25) is 0 Å². The van der Waals surface area contributed by atoms with Gasteiger partial charge in [-0.3, -0.25) is 0 Å². The van der Waals surface area contributed by atoms with Crippen molar-refractivity contribution in [2.45, 2.75) is 24.5 Å². The van der Waals surface area contributed by atoms with Crippen molar-refractivity contribution in [2.75, 3.05) is 12.4 Å². The first-order chi connectivity index (χ1) is 8.67. The van der Waals surface area contributed by atoms with E-state index in [1.54, 1.807) is 11.8 Å². The number of thioether (sulfide) groups is 1. The smallest absolute Gasteiger partial charge is 0.141 e. The molecular weight excluding hydrogens is 242 g/mol. The van der Waals surface area contributed by atoms with Crippen LogP contribution in [0.3, 0.4) is 0 Å². The number of anilines is 1. The molecule has 0 bridgehead atoms. The number of hydrogen-bond donors (Lipinski definition) is 1. The molecule has 0 saturated heterocycles. The Labute approximate surface area is 112 Å². The molecule has 1 aromatic heterocycles.